The van der Waals surface area contributed by atoms with Crippen LogP contribution in [0, 0.1) is 5.82 Å². The van der Waals surface area contributed by atoms with E-state index in [9.17, 15) is 12.8 Å². The highest BCUT2D eigenvalue weighted by Gasteiger charge is 2.32. The molecule has 2 rings (SSSR count). The summed E-state index contributed by atoms with van der Waals surface area (Å²) in [7, 11) is -3.46. The third kappa shape index (κ3) is 2.09. The highest BCUT2D eigenvalue weighted by Crippen LogP contribution is 2.29. The summed E-state index contributed by atoms with van der Waals surface area (Å²) in [5.41, 5.74) is 0. The monoisotopic (exact) mass is 261 g/mol. The van der Waals surface area contributed by atoms with Crippen molar-refractivity contribution >= 4 is 21.8 Å². The van der Waals surface area contributed by atoms with Gasteiger partial charge in [-0.1, -0.05) is 0 Å². The lowest BCUT2D eigenvalue weighted by Gasteiger charge is -2.19. The fourth-order valence-corrected chi connectivity index (χ4v) is 4.66. The Hall–Kier alpha value is -0.590. The molecule has 3 nitrogen and oxygen atoms in total. The van der Waals surface area contributed by atoms with Crippen molar-refractivity contribution in [2.45, 2.75) is 17.2 Å². The first kappa shape index (κ1) is 11.9. The van der Waals surface area contributed by atoms with E-state index in [1.54, 1.807) is 11.8 Å². The van der Waals surface area contributed by atoms with Gasteiger partial charge in [-0.25, -0.2) is 12.8 Å². The molecule has 0 saturated carbocycles. The Morgan fingerprint density at radius 3 is 2.50 bits per heavy atom. The minimum atomic E-state index is -3.46. The number of hydrogen-bond acceptors (Lipinski definition) is 3. The number of sulfonamides is 1. The van der Waals surface area contributed by atoms with E-state index in [-0.39, 0.29) is 10.3 Å². The molecular formula is C10H12FNO2S2. The average molecular weight is 261 g/mol. The van der Waals surface area contributed by atoms with Gasteiger partial charge in [-0.15, -0.1) is 11.8 Å². The molecule has 88 valence electrons. The van der Waals surface area contributed by atoms with Gasteiger partial charge in [0.25, 0.3) is 0 Å². The van der Waals surface area contributed by atoms with Crippen molar-refractivity contribution < 1.29 is 12.8 Å². The highest BCUT2D eigenvalue weighted by molar-refractivity contribution is 8.01. The number of nitrogens with zero attached hydrogens (tertiary/aromatic N) is 1. The van der Waals surface area contributed by atoms with Crippen molar-refractivity contribution in [3.05, 3.63) is 30.1 Å². The van der Waals surface area contributed by atoms with Crippen molar-refractivity contribution in [1.29, 1.82) is 0 Å². The van der Waals surface area contributed by atoms with Crippen LogP contribution in [0.25, 0.3) is 0 Å². The Labute approximate surface area is 98.7 Å². The summed E-state index contributed by atoms with van der Waals surface area (Å²) in [6.45, 7) is 2.38. The predicted molar refractivity (Wildman–Crippen MR) is 62.2 cm³/mol. The fraction of sp³-hybridized carbons (Fsp3) is 0.400. The molecule has 1 heterocycles. The van der Waals surface area contributed by atoms with Crippen LogP contribution in [0.2, 0.25) is 0 Å². The van der Waals surface area contributed by atoms with Gasteiger partial charge in [0.15, 0.2) is 0 Å². The molecule has 1 fully saturated rings. The molecule has 0 radical (unpaired) electrons. The van der Waals surface area contributed by atoms with E-state index in [4.69, 9.17) is 0 Å². The Morgan fingerprint density at radius 2 is 2.00 bits per heavy atom. The molecule has 0 bridgehead atoms. The van der Waals surface area contributed by atoms with Gasteiger partial charge in [0.2, 0.25) is 10.0 Å². The van der Waals surface area contributed by atoms with Crippen molar-refractivity contribution in [2.75, 3.05) is 12.3 Å². The first-order valence-electron chi connectivity index (χ1n) is 4.91. The summed E-state index contributed by atoms with van der Waals surface area (Å²) in [6.07, 6.45) is 0. The van der Waals surface area contributed by atoms with Crippen LogP contribution in [0.3, 0.4) is 0 Å². The van der Waals surface area contributed by atoms with E-state index >= 15 is 0 Å². The molecule has 1 aromatic carbocycles. The maximum atomic E-state index is 12.7. The SMILES string of the molecule is C[C@H]1SCCN1S(=O)(=O)c1ccc(F)cc1. The summed E-state index contributed by atoms with van der Waals surface area (Å²) in [6, 6.07) is 4.95. The standard InChI is InChI=1S/C10H12FNO2S2/c1-8-12(6-7-15-8)16(13,14)10-4-2-9(11)3-5-10/h2-5,8H,6-7H2,1H3/t8-/m1/s1. The van der Waals surface area contributed by atoms with Gasteiger partial charge < -0.3 is 0 Å². The summed E-state index contributed by atoms with van der Waals surface area (Å²) < 4.78 is 38.5. The van der Waals surface area contributed by atoms with Gasteiger partial charge in [-0.2, -0.15) is 4.31 Å². The van der Waals surface area contributed by atoms with Crippen molar-refractivity contribution in [1.82, 2.24) is 4.31 Å². The predicted octanol–water partition coefficient (Wildman–Crippen LogP) is 1.91. The Morgan fingerprint density at radius 1 is 1.38 bits per heavy atom. The normalized spacial score (nSPS) is 22.5. The summed E-state index contributed by atoms with van der Waals surface area (Å²) in [4.78, 5) is 0.156. The van der Waals surface area contributed by atoms with Crippen LogP contribution in [0.4, 0.5) is 4.39 Å². The van der Waals surface area contributed by atoms with Gasteiger partial charge in [0, 0.05) is 12.3 Å². The lowest BCUT2D eigenvalue weighted by Crippen LogP contribution is -2.33. The quantitative estimate of drug-likeness (QED) is 0.816. The minimum absolute atomic E-state index is 0.0462. The van der Waals surface area contributed by atoms with Crippen LogP contribution in [0.15, 0.2) is 29.2 Å². The molecule has 1 aromatic rings. The van der Waals surface area contributed by atoms with Gasteiger partial charge in [0.05, 0.1) is 10.3 Å². The van der Waals surface area contributed by atoms with E-state index in [0.29, 0.717) is 6.54 Å². The van der Waals surface area contributed by atoms with E-state index < -0.39 is 15.8 Å². The summed E-state index contributed by atoms with van der Waals surface area (Å²) in [5.74, 6) is 0.379. The summed E-state index contributed by atoms with van der Waals surface area (Å²) in [5, 5.41) is -0.0462. The maximum Gasteiger partial charge on any atom is 0.244 e. The number of rotatable bonds is 2. The van der Waals surface area contributed by atoms with Gasteiger partial charge in [0.1, 0.15) is 5.82 Å². The van der Waals surface area contributed by atoms with E-state index in [1.807, 2.05) is 6.92 Å². The molecule has 0 N–H and O–H groups in total. The lowest BCUT2D eigenvalue weighted by atomic mass is 10.4. The third-order valence-electron chi connectivity index (χ3n) is 2.50. The third-order valence-corrected chi connectivity index (χ3v) is 5.77. The van der Waals surface area contributed by atoms with Crippen molar-refractivity contribution in [2.24, 2.45) is 0 Å². The molecule has 0 amide bonds. The Balaban J connectivity index is 2.35. The molecule has 16 heavy (non-hydrogen) atoms. The summed E-state index contributed by atoms with van der Waals surface area (Å²) >= 11 is 1.60. The van der Waals surface area contributed by atoms with Crippen LogP contribution >= 0.6 is 11.8 Å². The van der Waals surface area contributed by atoms with Gasteiger partial charge >= 0.3 is 0 Å². The maximum absolute atomic E-state index is 12.7. The molecule has 1 saturated heterocycles. The Bertz CT molecular complexity index is 472. The van der Waals surface area contributed by atoms with Crippen molar-refractivity contribution in [3.8, 4) is 0 Å². The molecule has 0 spiro atoms. The fourth-order valence-electron chi connectivity index (χ4n) is 1.64. The second-order valence-electron chi connectivity index (χ2n) is 3.54. The van der Waals surface area contributed by atoms with Crippen LogP contribution in [0.5, 0.6) is 0 Å². The molecule has 1 atom stereocenters. The van der Waals surface area contributed by atoms with Crippen LogP contribution in [-0.2, 0) is 10.0 Å². The molecule has 1 aliphatic heterocycles. The van der Waals surface area contributed by atoms with Crippen LogP contribution in [0.1, 0.15) is 6.92 Å². The molecule has 1 aliphatic rings. The van der Waals surface area contributed by atoms with E-state index in [1.165, 1.54) is 28.6 Å². The topological polar surface area (TPSA) is 37.4 Å². The zero-order valence-corrected chi connectivity index (χ0v) is 10.4. The van der Waals surface area contributed by atoms with Crippen LogP contribution in [-0.4, -0.2) is 30.4 Å². The first-order chi connectivity index (χ1) is 7.51. The second kappa shape index (κ2) is 4.35. The number of benzene rings is 1. The smallest absolute Gasteiger partial charge is 0.207 e. The van der Waals surface area contributed by atoms with Crippen LogP contribution < -0.4 is 0 Å². The highest BCUT2D eigenvalue weighted by atomic mass is 32.2. The second-order valence-corrected chi connectivity index (χ2v) is 6.85. The Kier molecular flexibility index (Phi) is 3.23. The van der Waals surface area contributed by atoms with E-state index in [0.717, 1.165) is 5.75 Å². The largest absolute Gasteiger partial charge is 0.244 e. The minimum Gasteiger partial charge on any atom is -0.207 e. The lowest BCUT2D eigenvalue weighted by molar-refractivity contribution is 0.442. The average Bonchev–Trinajstić information content (AvgIpc) is 2.66. The van der Waals surface area contributed by atoms with Gasteiger partial charge in [-0.3, -0.25) is 0 Å². The molecule has 0 aliphatic carbocycles. The zero-order valence-electron chi connectivity index (χ0n) is 8.76. The number of thioether (sulfide) groups is 1. The van der Waals surface area contributed by atoms with Crippen molar-refractivity contribution in [3.63, 3.8) is 0 Å². The number of halogens is 1. The molecule has 6 heteroatoms. The van der Waals surface area contributed by atoms with Gasteiger partial charge in [-0.05, 0) is 31.2 Å². The molecular weight excluding hydrogens is 249 g/mol. The zero-order chi connectivity index (χ0) is 11.8. The molecule has 0 unspecified atom stereocenters. The first-order valence-corrected chi connectivity index (χ1v) is 7.40. The number of hydrogen-bond donors (Lipinski definition) is 0. The molecule has 0 aromatic heterocycles. The van der Waals surface area contributed by atoms with E-state index in [2.05, 4.69) is 0 Å².